The van der Waals surface area contributed by atoms with Crippen molar-refractivity contribution in [3.05, 3.63) is 21.9 Å². The second-order valence-corrected chi connectivity index (χ2v) is 6.74. The Morgan fingerprint density at radius 1 is 1.50 bits per heavy atom. The molecule has 1 heterocycles. The summed E-state index contributed by atoms with van der Waals surface area (Å²) in [5.41, 5.74) is 1.90. The topological polar surface area (TPSA) is 12.0 Å². The van der Waals surface area contributed by atoms with Crippen molar-refractivity contribution in [2.45, 2.75) is 59.0 Å². The summed E-state index contributed by atoms with van der Waals surface area (Å²) in [7, 11) is 0. The van der Waals surface area contributed by atoms with Gasteiger partial charge in [0.05, 0.1) is 0 Å². The van der Waals surface area contributed by atoms with Crippen molar-refractivity contribution in [2.75, 3.05) is 0 Å². The molecule has 0 aromatic carbocycles. The van der Waals surface area contributed by atoms with Crippen LogP contribution in [0, 0.1) is 12.3 Å². The average molecular weight is 237 g/mol. The maximum atomic E-state index is 3.82. The number of nitrogens with one attached hydrogen (secondary N) is 1. The minimum Gasteiger partial charge on any atom is -0.306 e. The molecule has 0 bridgehead atoms. The summed E-state index contributed by atoms with van der Waals surface area (Å²) in [4.78, 5) is 1.50. The third-order valence-corrected chi connectivity index (χ3v) is 5.21. The number of hydrogen-bond donors (Lipinski definition) is 1. The summed E-state index contributed by atoms with van der Waals surface area (Å²) in [5.74, 6) is 0. The number of thiophene rings is 1. The van der Waals surface area contributed by atoms with Gasteiger partial charge in [0.2, 0.25) is 0 Å². The summed E-state index contributed by atoms with van der Waals surface area (Å²) in [6.07, 6.45) is 4.07. The van der Waals surface area contributed by atoms with Crippen LogP contribution in [0.5, 0.6) is 0 Å². The van der Waals surface area contributed by atoms with Crippen molar-refractivity contribution < 1.29 is 0 Å². The molecule has 0 aliphatic heterocycles. The van der Waals surface area contributed by atoms with Gasteiger partial charge in [0, 0.05) is 17.0 Å². The van der Waals surface area contributed by atoms with Crippen LogP contribution in [0.15, 0.2) is 11.4 Å². The van der Waals surface area contributed by atoms with Crippen LogP contribution in [0.25, 0.3) is 0 Å². The minimum absolute atomic E-state index is 0.472. The Labute approximate surface area is 103 Å². The van der Waals surface area contributed by atoms with E-state index in [1.165, 1.54) is 29.7 Å². The van der Waals surface area contributed by atoms with Gasteiger partial charge in [0.25, 0.3) is 0 Å². The van der Waals surface area contributed by atoms with Crippen LogP contribution in [0.1, 0.15) is 56.5 Å². The molecule has 2 atom stereocenters. The van der Waals surface area contributed by atoms with Crippen molar-refractivity contribution in [3.63, 3.8) is 0 Å². The van der Waals surface area contributed by atoms with E-state index >= 15 is 0 Å². The lowest BCUT2D eigenvalue weighted by Crippen LogP contribution is -2.39. The molecule has 1 saturated carbocycles. The molecule has 0 saturated heterocycles. The molecule has 2 heteroatoms. The highest BCUT2D eigenvalue weighted by Crippen LogP contribution is 2.38. The Morgan fingerprint density at radius 2 is 2.25 bits per heavy atom. The molecule has 16 heavy (non-hydrogen) atoms. The fraction of sp³-hybridized carbons (Fsp3) is 0.714. The molecule has 0 radical (unpaired) electrons. The average Bonchev–Trinajstić information content (AvgIpc) is 2.74. The van der Waals surface area contributed by atoms with E-state index < -0.39 is 0 Å². The second kappa shape index (κ2) is 4.50. The Morgan fingerprint density at radius 3 is 2.75 bits per heavy atom. The predicted molar refractivity (Wildman–Crippen MR) is 72.0 cm³/mol. The highest BCUT2D eigenvalue weighted by molar-refractivity contribution is 7.10. The fourth-order valence-corrected chi connectivity index (χ4v) is 3.79. The Hall–Kier alpha value is -0.340. The van der Waals surface area contributed by atoms with E-state index in [-0.39, 0.29) is 0 Å². The molecule has 2 unspecified atom stereocenters. The zero-order chi connectivity index (χ0) is 11.8. The molecule has 1 aromatic heterocycles. The normalized spacial score (nSPS) is 25.9. The molecular weight excluding hydrogens is 214 g/mol. The van der Waals surface area contributed by atoms with E-state index in [0.29, 0.717) is 17.5 Å². The third kappa shape index (κ3) is 2.33. The molecule has 0 spiro atoms. The molecule has 1 nitrogen and oxygen atoms in total. The standard InChI is InChI=1S/C14H23NS/c1-10-7-9-16-13(10)11(2)15-12-6-5-8-14(12,3)4/h7,9,11-12,15H,5-6,8H2,1-4H3. The molecule has 0 amide bonds. The van der Waals surface area contributed by atoms with Crippen molar-refractivity contribution in [1.82, 2.24) is 5.32 Å². The summed E-state index contributed by atoms with van der Waals surface area (Å²) in [6, 6.07) is 3.41. The van der Waals surface area contributed by atoms with Gasteiger partial charge < -0.3 is 5.32 Å². The van der Waals surface area contributed by atoms with Gasteiger partial charge in [-0.25, -0.2) is 0 Å². The zero-order valence-corrected chi connectivity index (χ0v) is 11.7. The van der Waals surface area contributed by atoms with Gasteiger partial charge >= 0.3 is 0 Å². The van der Waals surface area contributed by atoms with E-state index in [1.807, 2.05) is 11.3 Å². The van der Waals surface area contributed by atoms with Gasteiger partial charge in [-0.2, -0.15) is 0 Å². The van der Waals surface area contributed by atoms with Crippen LogP contribution in [-0.2, 0) is 0 Å². The molecule has 1 aliphatic rings. The zero-order valence-electron chi connectivity index (χ0n) is 10.8. The van der Waals surface area contributed by atoms with Gasteiger partial charge in [0.1, 0.15) is 0 Å². The summed E-state index contributed by atoms with van der Waals surface area (Å²) < 4.78 is 0. The SMILES string of the molecule is Cc1ccsc1C(C)NC1CCCC1(C)C. The van der Waals surface area contributed by atoms with Gasteiger partial charge in [-0.1, -0.05) is 20.3 Å². The molecule has 1 fully saturated rings. The molecule has 2 rings (SSSR count). The van der Waals surface area contributed by atoms with E-state index in [0.717, 1.165) is 0 Å². The fourth-order valence-electron chi connectivity index (χ4n) is 2.84. The molecular formula is C14H23NS. The van der Waals surface area contributed by atoms with Crippen LogP contribution in [-0.4, -0.2) is 6.04 Å². The van der Waals surface area contributed by atoms with Crippen LogP contribution in [0.4, 0.5) is 0 Å². The monoisotopic (exact) mass is 237 g/mol. The largest absolute Gasteiger partial charge is 0.306 e. The second-order valence-electron chi connectivity index (χ2n) is 5.79. The smallest absolute Gasteiger partial charge is 0.0391 e. The highest BCUT2D eigenvalue weighted by Gasteiger charge is 2.35. The summed E-state index contributed by atoms with van der Waals surface area (Å²) in [6.45, 7) is 9.30. The number of aryl methyl sites for hydroxylation is 1. The molecule has 1 N–H and O–H groups in total. The predicted octanol–water partition coefficient (Wildman–Crippen LogP) is 4.29. The van der Waals surface area contributed by atoms with E-state index in [4.69, 9.17) is 0 Å². The number of rotatable bonds is 3. The van der Waals surface area contributed by atoms with Gasteiger partial charge in [0.15, 0.2) is 0 Å². The van der Waals surface area contributed by atoms with Crippen LogP contribution in [0.3, 0.4) is 0 Å². The minimum atomic E-state index is 0.472. The first-order valence-corrected chi connectivity index (χ1v) is 7.19. The number of hydrogen-bond acceptors (Lipinski definition) is 2. The lowest BCUT2D eigenvalue weighted by molar-refractivity contribution is 0.267. The van der Waals surface area contributed by atoms with Crippen LogP contribution in [0.2, 0.25) is 0 Å². The lowest BCUT2D eigenvalue weighted by Gasteiger charge is -2.30. The first kappa shape index (κ1) is 12.1. The van der Waals surface area contributed by atoms with Crippen LogP contribution >= 0.6 is 11.3 Å². The summed E-state index contributed by atoms with van der Waals surface area (Å²) >= 11 is 1.88. The van der Waals surface area contributed by atoms with E-state index in [2.05, 4.69) is 44.5 Å². The maximum absolute atomic E-state index is 3.82. The quantitative estimate of drug-likeness (QED) is 0.827. The van der Waals surface area contributed by atoms with Gasteiger partial charge in [-0.05, 0) is 49.1 Å². The first-order valence-electron chi connectivity index (χ1n) is 6.31. The lowest BCUT2D eigenvalue weighted by atomic mass is 9.87. The molecule has 1 aliphatic carbocycles. The molecule has 1 aromatic rings. The van der Waals surface area contributed by atoms with Gasteiger partial charge in [-0.15, -0.1) is 11.3 Å². The summed E-state index contributed by atoms with van der Waals surface area (Å²) in [5, 5.41) is 6.02. The van der Waals surface area contributed by atoms with Crippen molar-refractivity contribution in [2.24, 2.45) is 5.41 Å². The van der Waals surface area contributed by atoms with Crippen LogP contribution < -0.4 is 5.32 Å². The van der Waals surface area contributed by atoms with E-state index in [9.17, 15) is 0 Å². The van der Waals surface area contributed by atoms with E-state index in [1.54, 1.807) is 0 Å². The van der Waals surface area contributed by atoms with Gasteiger partial charge in [-0.3, -0.25) is 0 Å². The van der Waals surface area contributed by atoms with Crippen molar-refractivity contribution in [1.29, 1.82) is 0 Å². The third-order valence-electron chi connectivity index (χ3n) is 4.00. The maximum Gasteiger partial charge on any atom is 0.0391 e. The van der Waals surface area contributed by atoms with Crippen molar-refractivity contribution in [3.8, 4) is 0 Å². The Balaban J connectivity index is 2.03. The molecule has 90 valence electrons. The van der Waals surface area contributed by atoms with Crippen molar-refractivity contribution >= 4 is 11.3 Å². The highest BCUT2D eigenvalue weighted by atomic mass is 32.1. The Bertz CT molecular complexity index is 353. The Kier molecular flexibility index (Phi) is 3.41. The first-order chi connectivity index (χ1) is 7.50.